The minimum Gasteiger partial charge on any atom is -0.368 e. The third kappa shape index (κ3) is 4.99. The first-order valence-electron chi connectivity index (χ1n) is 10.6. The Labute approximate surface area is 176 Å². The highest BCUT2D eigenvalue weighted by molar-refractivity contribution is 5.95. The lowest BCUT2D eigenvalue weighted by Gasteiger charge is -2.34. The number of ether oxygens (including phenoxy) is 1. The number of hydrogen-bond acceptors (Lipinski definition) is 6. The molecular weight excluding hydrogens is 382 g/mol. The molecular formula is C22H27N5O3. The van der Waals surface area contributed by atoms with Crippen molar-refractivity contribution in [2.45, 2.75) is 50.9 Å². The summed E-state index contributed by atoms with van der Waals surface area (Å²) < 4.78 is 6.15. The van der Waals surface area contributed by atoms with Gasteiger partial charge in [0.15, 0.2) is 0 Å². The van der Waals surface area contributed by atoms with Gasteiger partial charge < -0.3 is 14.5 Å². The zero-order chi connectivity index (χ0) is 20.8. The number of rotatable bonds is 5. The summed E-state index contributed by atoms with van der Waals surface area (Å²) in [5.41, 5.74) is 1.06. The van der Waals surface area contributed by atoms with Gasteiger partial charge in [0.25, 0.3) is 5.91 Å². The normalized spacial score (nSPS) is 20.8. The average molecular weight is 409 g/mol. The van der Waals surface area contributed by atoms with Gasteiger partial charge in [-0.05, 0) is 25.0 Å². The van der Waals surface area contributed by atoms with E-state index < -0.39 is 0 Å². The quantitative estimate of drug-likeness (QED) is 0.751. The Bertz CT molecular complexity index is 842. The van der Waals surface area contributed by atoms with Crippen LogP contribution in [0.2, 0.25) is 0 Å². The van der Waals surface area contributed by atoms with E-state index in [-0.39, 0.29) is 36.2 Å². The Morgan fingerprint density at radius 2 is 1.93 bits per heavy atom. The smallest absolute Gasteiger partial charge is 0.274 e. The van der Waals surface area contributed by atoms with Crippen LogP contribution in [-0.4, -0.2) is 68.3 Å². The molecule has 158 valence electrons. The van der Waals surface area contributed by atoms with Crippen molar-refractivity contribution >= 4 is 11.8 Å². The second kappa shape index (κ2) is 9.75. The first-order valence-corrected chi connectivity index (χ1v) is 10.6. The van der Waals surface area contributed by atoms with Gasteiger partial charge in [-0.1, -0.05) is 25.3 Å². The van der Waals surface area contributed by atoms with Crippen LogP contribution >= 0.6 is 0 Å². The number of pyridine rings is 1. The topological polar surface area (TPSA) is 88.5 Å². The van der Waals surface area contributed by atoms with Crippen LogP contribution in [0.15, 0.2) is 43.0 Å². The minimum absolute atomic E-state index is 0.0249. The van der Waals surface area contributed by atoms with E-state index in [1.807, 2.05) is 23.1 Å². The second-order valence-electron chi connectivity index (χ2n) is 7.87. The molecule has 2 fully saturated rings. The summed E-state index contributed by atoms with van der Waals surface area (Å²) in [5, 5.41) is 0. The van der Waals surface area contributed by atoms with Crippen molar-refractivity contribution in [1.82, 2.24) is 24.8 Å². The van der Waals surface area contributed by atoms with E-state index in [1.165, 1.54) is 29.9 Å². The van der Waals surface area contributed by atoms with Crippen molar-refractivity contribution in [3.8, 4) is 0 Å². The first-order chi connectivity index (χ1) is 14.7. The van der Waals surface area contributed by atoms with Gasteiger partial charge in [0, 0.05) is 37.7 Å². The Kier molecular flexibility index (Phi) is 6.63. The molecule has 1 saturated carbocycles. The van der Waals surface area contributed by atoms with E-state index >= 15 is 0 Å². The molecule has 0 unspecified atom stereocenters. The van der Waals surface area contributed by atoms with Gasteiger partial charge in [-0.15, -0.1) is 0 Å². The molecule has 2 amide bonds. The maximum Gasteiger partial charge on any atom is 0.274 e. The Hall–Kier alpha value is -2.87. The van der Waals surface area contributed by atoms with Crippen LogP contribution in [0, 0.1) is 0 Å². The molecule has 1 saturated heterocycles. The summed E-state index contributed by atoms with van der Waals surface area (Å²) in [6, 6.07) is 5.91. The summed E-state index contributed by atoms with van der Waals surface area (Å²) in [6.45, 7) is 1.19. The fourth-order valence-electron chi connectivity index (χ4n) is 4.21. The van der Waals surface area contributed by atoms with Crippen LogP contribution in [0.3, 0.4) is 0 Å². The summed E-state index contributed by atoms with van der Waals surface area (Å²) >= 11 is 0. The van der Waals surface area contributed by atoms with Crippen LogP contribution in [0.4, 0.5) is 0 Å². The van der Waals surface area contributed by atoms with Gasteiger partial charge in [-0.25, -0.2) is 4.98 Å². The van der Waals surface area contributed by atoms with Crippen molar-refractivity contribution < 1.29 is 14.3 Å². The largest absolute Gasteiger partial charge is 0.368 e. The van der Waals surface area contributed by atoms with Gasteiger partial charge in [0.2, 0.25) is 5.91 Å². The Morgan fingerprint density at radius 1 is 1.07 bits per heavy atom. The number of amides is 2. The highest BCUT2D eigenvalue weighted by atomic mass is 16.5. The van der Waals surface area contributed by atoms with Crippen LogP contribution < -0.4 is 0 Å². The van der Waals surface area contributed by atoms with E-state index in [9.17, 15) is 9.59 Å². The zero-order valence-corrected chi connectivity index (χ0v) is 17.0. The molecule has 3 heterocycles. The van der Waals surface area contributed by atoms with Crippen LogP contribution in [-0.2, 0) is 16.1 Å². The third-order valence-corrected chi connectivity index (χ3v) is 5.75. The number of carbonyl (C=O) groups is 2. The number of aromatic nitrogens is 3. The molecule has 0 bridgehead atoms. The summed E-state index contributed by atoms with van der Waals surface area (Å²) in [6.07, 6.45) is 11.4. The van der Waals surface area contributed by atoms with Gasteiger partial charge in [-0.2, -0.15) is 0 Å². The minimum atomic E-state index is -0.298. The predicted molar refractivity (Wildman–Crippen MR) is 109 cm³/mol. The zero-order valence-electron chi connectivity index (χ0n) is 17.0. The van der Waals surface area contributed by atoms with Crippen LogP contribution in [0.25, 0.3) is 0 Å². The van der Waals surface area contributed by atoms with Crippen molar-refractivity contribution in [1.29, 1.82) is 0 Å². The SMILES string of the molecule is O=C(c1cnccn1)N1CC(=O)N(C2CCCCC2)C[C@@H](OCc2ccccn2)C1. The highest BCUT2D eigenvalue weighted by Gasteiger charge is 2.35. The lowest BCUT2D eigenvalue weighted by molar-refractivity contribution is -0.134. The monoisotopic (exact) mass is 409 g/mol. The molecule has 2 aromatic heterocycles. The number of carbonyl (C=O) groups excluding carboxylic acids is 2. The van der Waals surface area contributed by atoms with Gasteiger partial charge >= 0.3 is 0 Å². The number of nitrogens with zero attached hydrogens (tertiary/aromatic N) is 5. The molecule has 2 aliphatic rings. The fraction of sp³-hybridized carbons (Fsp3) is 0.500. The van der Waals surface area contributed by atoms with Crippen LogP contribution in [0.1, 0.15) is 48.3 Å². The standard InChI is InChI=1S/C22H27N5O3/c28-21-15-26(22(29)20-12-23-10-11-25-20)13-19(30-16-17-6-4-5-9-24-17)14-27(21)18-7-2-1-3-8-18/h4-6,9-12,18-19H,1-3,7-8,13-16H2/t19-/m0/s1. The fourth-order valence-corrected chi connectivity index (χ4v) is 4.21. The molecule has 8 heteroatoms. The van der Waals surface area contributed by atoms with Crippen molar-refractivity contribution in [3.05, 3.63) is 54.4 Å². The molecule has 30 heavy (non-hydrogen) atoms. The van der Waals surface area contributed by atoms with Gasteiger partial charge in [0.05, 0.1) is 24.6 Å². The van der Waals surface area contributed by atoms with E-state index in [0.717, 1.165) is 31.4 Å². The Morgan fingerprint density at radius 3 is 2.67 bits per heavy atom. The molecule has 1 atom stereocenters. The van der Waals surface area contributed by atoms with Crippen LogP contribution in [0.5, 0.6) is 0 Å². The Balaban J connectivity index is 1.52. The summed E-state index contributed by atoms with van der Waals surface area (Å²) in [5.74, 6) is -0.323. The van der Waals surface area contributed by atoms with Crippen molar-refractivity contribution in [3.63, 3.8) is 0 Å². The molecule has 1 aliphatic carbocycles. The molecule has 0 aromatic carbocycles. The maximum absolute atomic E-state index is 13.1. The predicted octanol–water partition coefficient (Wildman–Crippen LogP) is 2.07. The molecule has 1 aliphatic heterocycles. The first kappa shape index (κ1) is 20.4. The molecule has 8 nitrogen and oxygen atoms in total. The summed E-state index contributed by atoms with van der Waals surface area (Å²) in [7, 11) is 0. The van der Waals surface area contributed by atoms with Crippen molar-refractivity contribution in [2.24, 2.45) is 0 Å². The van der Waals surface area contributed by atoms with Gasteiger partial charge in [0.1, 0.15) is 12.2 Å². The average Bonchev–Trinajstić information content (AvgIpc) is 2.98. The van der Waals surface area contributed by atoms with E-state index in [2.05, 4.69) is 15.0 Å². The molecule has 2 aromatic rings. The number of hydrogen-bond donors (Lipinski definition) is 0. The van der Waals surface area contributed by atoms with Crippen molar-refractivity contribution in [2.75, 3.05) is 19.6 Å². The molecule has 0 N–H and O–H groups in total. The third-order valence-electron chi connectivity index (χ3n) is 5.75. The second-order valence-corrected chi connectivity index (χ2v) is 7.87. The maximum atomic E-state index is 13.1. The molecule has 0 radical (unpaired) electrons. The summed E-state index contributed by atoms with van der Waals surface area (Å²) in [4.78, 5) is 42.0. The molecule has 0 spiro atoms. The van der Waals surface area contributed by atoms with E-state index in [0.29, 0.717) is 19.7 Å². The lowest BCUT2D eigenvalue weighted by atomic mass is 9.94. The van der Waals surface area contributed by atoms with E-state index in [4.69, 9.17) is 4.74 Å². The van der Waals surface area contributed by atoms with Gasteiger partial charge in [-0.3, -0.25) is 19.6 Å². The lowest BCUT2D eigenvalue weighted by Crippen LogP contribution is -2.46. The van der Waals surface area contributed by atoms with E-state index in [1.54, 1.807) is 6.20 Å². The molecule has 4 rings (SSSR count). The highest BCUT2D eigenvalue weighted by Crippen LogP contribution is 2.25.